The van der Waals surface area contributed by atoms with Crippen LogP contribution >= 0.6 is 0 Å². The van der Waals surface area contributed by atoms with Gasteiger partial charge in [0.05, 0.1) is 0 Å². The minimum Gasteiger partial charge on any atom is -0.378 e. The molecule has 154 valence electrons. The highest BCUT2D eigenvalue weighted by molar-refractivity contribution is 5.93. The number of rotatable bonds is 6. The number of amides is 2. The molecule has 6 heteroatoms. The summed E-state index contributed by atoms with van der Waals surface area (Å²) in [7, 11) is 3.94. The molecule has 2 amide bonds. The van der Waals surface area contributed by atoms with Gasteiger partial charge in [-0.1, -0.05) is 18.2 Å². The molecule has 5 nitrogen and oxygen atoms in total. The smallest absolute Gasteiger partial charge is 0.227 e. The van der Waals surface area contributed by atoms with Gasteiger partial charge in [-0.25, -0.2) is 4.39 Å². The van der Waals surface area contributed by atoms with Crippen molar-refractivity contribution in [3.05, 3.63) is 59.9 Å². The Bertz CT molecular complexity index is 843. The highest BCUT2D eigenvalue weighted by Crippen LogP contribution is 2.30. The van der Waals surface area contributed by atoms with Gasteiger partial charge in [-0.15, -0.1) is 0 Å². The molecule has 1 saturated carbocycles. The van der Waals surface area contributed by atoms with Gasteiger partial charge in [0.2, 0.25) is 11.8 Å². The molecule has 0 heterocycles. The van der Waals surface area contributed by atoms with Crippen LogP contribution in [-0.4, -0.2) is 25.9 Å². The molecule has 1 fully saturated rings. The van der Waals surface area contributed by atoms with Gasteiger partial charge >= 0.3 is 0 Å². The summed E-state index contributed by atoms with van der Waals surface area (Å²) in [6.07, 6.45) is 2.69. The summed E-state index contributed by atoms with van der Waals surface area (Å²) < 4.78 is 13.7. The summed E-state index contributed by atoms with van der Waals surface area (Å²) in [4.78, 5) is 27.0. The molecule has 0 aliphatic heterocycles. The lowest BCUT2D eigenvalue weighted by atomic mass is 9.81. The second-order valence-corrected chi connectivity index (χ2v) is 7.79. The summed E-state index contributed by atoms with van der Waals surface area (Å²) in [5.41, 5.74) is 2.34. The second kappa shape index (κ2) is 9.54. The Kier molecular flexibility index (Phi) is 6.86. The zero-order valence-electron chi connectivity index (χ0n) is 17.0. The van der Waals surface area contributed by atoms with Crippen molar-refractivity contribution >= 4 is 23.2 Å². The van der Waals surface area contributed by atoms with Crippen molar-refractivity contribution in [2.75, 3.05) is 24.3 Å². The Balaban J connectivity index is 1.45. The van der Waals surface area contributed by atoms with Crippen LogP contribution in [0.2, 0.25) is 0 Å². The first-order valence-electron chi connectivity index (χ1n) is 10.0. The molecule has 3 rings (SSSR count). The quantitative estimate of drug-likeness (QED) is 0.776. The number of hydrogen-bond donors (Lipinski definition) is 2. The van der Waals surface area contributed by atoms with Gasteiger partial charge in [-0.05, 0) is 56.0 Å². The third-order valence-electron chi connectivity index (χ3n) is 5.53. The molecule has 0 radical (unpaired) electrons. The average Bonchev–Trinajstić information content (AvgIpc) is 2.73. The first kappa shape index (κ1) is 20.8. The highest BCUT2D eigenvalue weighted by Gasteiger charge is 2.30. The molecule has 2 N–H and O–H groups in total. The summed E-state index contributed by atoms with van der Waals surface area (Å²) in [6.45, 7) is 0.189. The molecule has 2 aromatic rings. The first-order chi connectivity index (χ1) is 13.9. The molecule has 0 saturated heterocycles. The van der Waals surface area contributed by atoms with Crippen LogP contribution < -0.4 is 15.5 Å². The van der Waals surface area contributed by atoms with Crippen molar-refractivity contribution in [2.24, 2.45) is 11.8 Å². The van der Waals surface area contributed by atoms with Crippen molar-refractivity contribution in [3.8, 4) is 0 Å². The van der Waals surface area contributed by atoms with E-state index in [-0.39, 0.29) is 36.0 Å². The maximum atomic E-state index is 13.7. The van der Waals surface area contributed by atoms with Gasteiger partial charge in [-0.3, -0.25) is 9.59 Å². The van der Waals surface area contributed by atoms with Gasteiger partial charge in [0.25, 0.3) is 0 Å². The molecular weight excluding hydrogens is 369 g/mol. The van der Waals surface area contributed by atoms with Gasteiger partial charge in [0.15, 0.2) is 0 Å². The van der Waals surface area contributed by atoms with Crippen LogP contribution in [0.1, 0.15) is 31.2 Å². The van der Waals surface area contributed by atoms with Crippen molar-refractivity contribution in [2.45, 2.75) is 32.2 Å². The van der Waals surface area contributed by atoms with Crippen molar-refractivity contribution < 1.29 is 14.0 Å². The predicted molar refractivity (Wildman–Crippen MR) is 113 cm³/mol. The van der Waals surface area contributed by atoms with Crippen molar-refractivity contribution in [1.29, 1.82) is 0 Å². The van der Waals surface area contributed by atoms with Gasteiger partial charge in [-0.2, -0.15) is 0 Å². The Labute approximate surface area is 171 Å². The van der Waals surface area contributed by atoms with E-state index in [1.54, 1.807) is 18.2 Å². The Morgan fingerprint density at radius 3 is 2.10 bits per heavy atom. The molecule has 29 heavy (non-hydrogen) atoms. The van der Waals surface area contributed by atoms with E-state index in [9.17, 15) is 14.0 Å². The topological polar surface area (TPSA) is 61.4 Å². The predicted octanol–water partition coefficient (Wildman–Crippen LogP) is 3.95. The van der Waals surface area contributed by atoms with Gasteiger partial charge < -0.3 is 15.5 Å². The van der Waals surface area contributed by atoms with Crippen LogP contribution in [0, 0.1) is 17.7 Å². The number of halogens is 1. The van der Waals surface area contributed by atoms with Crippen LogP contribution in [0.15, 0.2) is 48.5 Å². The summed E-state index contributed by atoms with van der Waals surface area (Å²) >= 11 is 0. The number of carbonyl (C=O) groups excluding carboxylic acids is 2. The molecule has 0 atom stereocenters. The number of nitrogens with zero attached hydrogens (tertiary/aromatic N) is 1. The Morgan fingerprint density at radius 1 is 0.931 bits per heavy atom. The normalized spacial score (nSPS) is 18.7. The van der Waals surface area contributed by atoms with E-state index in [2.05, 4.69) is 10.6 Å². The van der Waals surface area contributed by atoms with E-state index in [0.29, 0.717) is 31.2 Å². The SMILES string of the molecule is CN(C)c1ccc(NC(=O)C2CCC(C(=O)NCc3ccccc3F)CC2)cc1. The number of benzene rings is 2. The van der Waals surface area contributed by atoms with E-state index in [1.165, 1.54) is 6.07 Å². The molecule has 0 unspecified atom stereocenters. The lowest BCUT2D eigenvalue weighted by Crippen LogP contribution is -2.35. The fourth-order valence-corrected chi connectivity index (χ4v) is 3.67. The second-order valence-electron chi connectivity index (χ2n) is 7.79. The maximum Gasteiger partial charge on any atom is 0.227 e. The van der Waals surface area contributed by atoms with Crippen molar-refractivity contribution in [3.63, 3.8) is 0 Å². The Hall–Kier alpha value is -2.89. The molecular formula is C23H28FN3O2. The van der Waals surface area contributed by atoms with Gasteiger partial charge in [0, 0.05) is 49.4 Å². The maximum absolute atomic E-state index is 13.7. The largest absolute Gasteiger partial charge is 0.378 e. The minimum absolute atomic E-state index is 0.00724. The lowest BCUT2D eigenvalue weighted by Gasteiger charge is -2.27. The summed E-state index contributed by atoms with van der Waals surface area (Å²) in [5, 5.41) is 5.80. The third-order valence-corrected chi connectivity index (χ3v) is 5.53. The van der Waals surface area contributed by atoms with E-state index in [1.807, 2.05) is 43.3 Å². The number of carbonyl (C=O) groups is 2. The van der Waals surface area contributed by atoms with Crippen LogP contribution in [-0.2, 0) is 16.1 Å². The summed E-state index contributed by atoms with van der Waals surface area (Å²) in [6, 6.07) is 14.2. The van der Waals surface area contributed by atoms with E-state index >= 15 is 0 Å². The number of hydrogen-bond acceptors (Lipinski definition) is 3. The fourth-order valence-electron chi connectivity index (χ4n) is 3.67. The van der Waals surface area contributed by atoms with Crippen LogP contribution in [0.4, 0.5) is 15.8 Å². The lowest BCUT2D eigenvalue weighted by molar-refractivity contribution is -0.128. The van der Waals surface area contributed by atoms with Gasteiger partial charge in [0.1, 0.15) is 5.82 Å². The highest BCUT2D eigenvalue weighted by atomic mass is 19.1. The van der Waals surface area contributed by atoms with E-state index < -0.39 is 0 Å². The molecule has 1 aliphatic carbocycles. The minimum atomic E-state index is -0.313. The zero-order valence-corrected chi connectivity index (χ0v) is 17.0. The van der Waals surface area contributed by atoms with E-state index in [4.69, 9.17) is 0 Å². The summed E-state index contributed by atoms with van der Waals surface area (Å²) in [5.74, 6) is -0.574. The monoisotopic (exact) mass is 397 g/mol. The van der Waals surface area contributed by atoms with Crippen molar-refractivity contribution in [1.82, 2.24) is 5.32 Å². The Morgan fingerprint density at radius 2 is 1.52 bits per heavy atom. The average molecular weight is 397 g/mol. The van der Waals surface area contributed by atoms with Crippen LogP contribution in [0.25, 0.3) is 0 Å². The number of nitrogens with one attached hydrogen (secondary N) is 2. The number of anilines is 2. The van der Waals surface area contributed by atoms with E-state index in [0.717, 1.165) is 11.4 Å². The van der Waals surface area contributed by atoms with Crippen LogP contribution in [0.3, 0.4) is 0 Å². The standard InChI is InChI=1S/C23H28FN3O2/c1-27(2)20-13-11-19(12-14-20)26-23(29)17-9-7-16(8-10-17)22(28)25-15-18-5-3-4-6-21(18)24/h3-6,11-14,16-17H,7-10,15H2,1-2H3,(H,25,28)(H,26,29). The van der Waals surface area contributed by atoms with Crippen LogP contribution in [0.5, 0.6) is 0 Å². The zero-order chi connectivity index (χ0) is 20.8. The third kappa shape index (κ3) is 5.56. The fraction of sp³-hybridized carbons (Fsp3) is 0.391. The molecule has 2 aromatic carbocycles. The first-order valence-corrected chi connectivity index (χ1v) is 10.0. The molecule has 0 spiro atoms. The molecule has 0 aromatic heterocycles. The molecule has 1 aliphatic rings. The molecule has 0 bridgehead atoms.